The van der Waals surface area contributed by atoms with Gasteiger partial charge in [-0.2, -0.15) is 13.2 Å². The fraction of sp³-hybridized carbons (Fsp3) is 0.444. The van der Waals surface area contributed by atoms with Crippen molar-refractivity contribution in [1.29, 1.82) is 0 Å². The molecule has 0 bridgehead atoms. The van der Waals surface area contributed by atoms with E-state index in [2.05, 4.69) is 10.2 Å². The fourth-order valence-electron chi connectivity index (χ4n) is 3.46. The average molecular weight is 396 g/mol. The maximum absolute atomic E-state index is 13.2. The van der Waals surface area contributed by atoms with Gasteiger partial charge in [-0.3, -0.25) is 4.79 Å². The average Bonchev–Trinajstić information content (AvgIpc) is 3.00. The minimum absolute atomic E-state index is 0.00274. The van der Waals surface area contributed by atoms with Crippen LogP contribution in [0.4, 0.5) is 13.2 Å². The molecular weight excluding hydrogens is 377 g/mol. The minimum Gasteiger partial charge on any atom is -0.480 e. The number of alkyl halides is 3. The van der Waals surface area contributed by atoms with Gasteiger partial charge in [-0.05, 0) is 24.5 Å². The molecule has 0 radical (unpaired) electrons. The number of hydrogen-bond acceptors (Lipinski definition) is 4. The van der Waals surface area contributed by atoms with E-state index in [-0.39, 0.29) is 25.1 Å². The van der Waals surface area contributed by atoms with Gasteiger partial charge in [0.15, 0.2) is 5.82 Å². The molecule has 0 aliphatic carbocycles. The number of hydrogen-bond donors (Lipinski definition) is 1. The molecule has 1 N–H and O–H groups in total. The smallest absolute Gasteiger partial charge is 0.416 e. The molecule has 2 heterocycles. The van der Waals surface area contributed by atoms with E-state index in [1.807, 2.05) is 0 Å². The first-order chi connectivity index (χ1) is 13.1. The Bertz CT molecular complexity index is 910. The van der Waals surface area contributed by atoms with Crippen LogP contribution in [0.15, 0.2) is 24.3 Å². The number of fused-ring (bicyclic) bond motifs is 1. The monoisotopic (exact) mass is 396 g/mol. The molecular formula is C18H19F3N4O3. The summed E-state index contributed by atoms with van der Waals surface area (Å²) in [5.41, 5.74) is -0.787. The summed E-state index contributed by atoms with van der Waals surface area (Å²) < 4.78 is 41.4. The van der Waals surface area contributed by atoms with Crippen molar-refractivity contribution in [2.24, 2.45) is 0 Å². The van der Waals surface area contributed by atoms with Gasteiger partial charge in [0.05, 0.1) is 18.7 Å². The number of carboxylic acid groups (broad SMARTS) is 1. The van der Waals surface area contributed by atoms with Crippen molar-refractivity contribution in [3.05, 3.63) is 47.0 Å². The molecule has 10 heteroatoms. The highest BCUT2D eigenvalue weighted by atomic mass is 19.4. The minimum atomic E-state index is -4.53. The Morgan fingerprint density at radius 1 is 1.29 bits per heavy atom. The van der Waals surface area contributed by atoms with Crippen molar-refractivity contribution in [3.8, 4) is 0 Å². The summed E-state index contributed by atoms with van der Waals surface area (Å²) in [6, 6.07) is 3.97. The van der Waals surface area contributed by atoms with E-state index in [0.717, 1.165) is 11.0 Å². The van der Waals surface area contributed by atoms with E-state index in [0.29, 0.717) is 11.6 Å². The van der Waals surface area contributed by atoms with Crippen LogP contribution in [-0.4, -0.2) is 42.7 Å². The second kappa shape index (κ2) is 7.25. The van der Waals surface area contributed by atoms with Gasteiger partial charge < -0.3 is 14.6 Å². The Morgan fingerprint density at radius 2 is 1.96 bits per heavy atom. The lowest BCUT2D eigenvalue weighted by atomic mass is 9.92. The molecule has 2 atom stereocenters. The van der Waals surface area contributed by atoms with Crippen LogP contribution in [0.3, 0.4) is 0 Å². The number of benzene rings is 1. The molecule has 0 saturated heterocycles. The summed E-state index contributed by atoms with van der Waals surface area (Å²) in [6.07, 6.45) is -4.78. The third-order valence-electron chi connectivity index (χ3n) is 4.94. The number of aliphatic carboxylic acids is 1. The first-order valence-corrected chi connectivity index (χ1v) is 8.66. The Morgan fingerprint density at radius 3 is 2.61 bits per heavy atom. The molecule has 1 aliphatic rings. The highest BCUT2D eigenvalue weighted by molar-refractivity contribution is 5.84. The molecule has 2 unspecified atom stereocenters. The van der Waals surface area contributed by atoms with Gasteiger partial charge in [0, 0.05) is 6.42 Å². The number of aromatic nitrogens is 3. The Hall–Kier alpha value is -2.91. The molecule has 0 spiro atoms. The maximum Gasteiger partial charge on any atom is 0.416 e. The highest BCUT2D eigenvalue weighted by Gasteiger charge is 2.38. The van der Waals surface area contributed by atoms with Gasteiger partial charge in [-0.1, -0.05) is 25.1 Å². The van der Waals surface area contributed by atoms with Crippen molar-refractivity contribution >= 4 is 11.9 Å². The van der Waals surface area contributed by atoms with Gasteiger partial charge in [0.2, 0.25) is 5.91 Å². The van der Waals surface area contributed by atoms with E-state index in [9.17, 15) is 27.9 Å². The zero-order valence-electron chi connectivity index (χ0n) is 15.3. The number of rotatable bonds is 4. The molecule has 7 nitrogen and oxygen atoms in total. The van der Waals surface area contributed by atoms with Crippen LogP contribution in [0.1, 0.15) is 42.0 Å². The summed E-state index contributed by atoms with van der Waals surface area (Å²) in [5, 5.41) is 17.4. The first kappa shape index (κ1) is 19.8. The molecule has 0 saturated carbocycles. The van der Waals surface area contributed by atoms with Gasteiger partial charge in [0.25, 0.3) is 0 Å². The molecule has 150 valence electrons. The van der Waals surface area contributed by atoms with Gasteiger partial charge in [-0.25, -0.2) is 4.79 Å². The number of amides is 1. The number of carboxylic acids is 1. The van der Waals surface area contributed by atoms with Crippen LogP contribution in [0, 0.1) is 6.92 Å². The van der Waals surface area contributed by atoms with E-state index >= 15 is 0 Å². The predicted octanol–water partition coefficient (Wildman–Crippen LogP) is 2.59. The number of nitrogens with zero attached hydrogens (tertiary/aromatic N) is 4. The second-order valence-electron chi connectivity index (χ2n) is 6.84. The molecule has 1 aliphatic heterocycles. The van der Waals surface area contributed by atoms with Gasteiger partial charge in [-0.15, -0.1) is 10.2 Å². The molecule has 1 aromatic heterocycles. The maximum atomic E-state index is 13.2. The van der Waals surface area contributed by atoms with Crippen LogP contribution >= 0.6 is 0 Å². The van der Waals surface area contributed by atoms with E-state index < -0.39 is 35.6 Å². The first-order valence-electron chi connectivity index (χ1n) is 8.66. The van der Waals surface area contributed by atoms with E-state index in [1.54, 1.807) is 11.5 Å². The van der Waals surface area contributed by atoms with Crippen LogP contribution < -0.4 is 0 Å². The quantitative estimate of drug-likeness (QED) is 0.858. The van der Waals surface area contributed by atoms with Crippen molar-refractivity contribution < 1.29 is 27.9 Å². The lowest BCUT2D eigenvalue weighted by molar-refractivity contribution is -0.153. The molecule has 0 fully saturated rings. The van der Waals surface area contributed by atoms with Crippen molar-refractivity contribution in [2.45, 2.75) is 51.5 Å². The molecule has 28 heavy (non-hydrogen) atoms. The molecule has 3 rings (SSSR count). The normalized spacial score (nSPS) is 17.9. The number of carbonyl (C=O) groups is 2. The van der Waals surface area contributed by atoms with Crippen LogP contribution in [0.5, 0.6) is 0 Å². The van der Waals surface area contributed by atoms with Crippen molar-refractivity contribution in [2.75, 3.05) is 0 Å². The van der Waals surface area contributed by atoms with Crippen LogP contribution in [-0.2, 0) is 28.9 Å². The summed E-state index contributed by atoms with van der Waals surface area (Å²) in [5.74, 6) is -1.46. The summed E-state index contributed by atoms with van der Waals surface area (Å²) >= 11 is 0. The Kier molecular flexibility index (Phi) is 5.14. The Labute approximate surface area is 158 Å². The lowest BCUT2D eigenvalue weighted by Crippen LogP contribution is -2.51. The fourth-order valence-corrected chi connectivity index (χ4v) is 3.46. The van der Waals surface area contributed by atoms with E-state index in [1.165, 1.54) is 25.1 Å². The third kappa shape index (κ3) is 3.71. The summed E-state index contributed by atoms with van der Waals surface area (Å²) in [6.45, 7) is 3.16. The largest absolute Gasteiger partial charge is 0.480 e. The van der Waals surface area contributed by atoms with Crippen LogP contribution in [0.25, 0.3) is 0 Å². The molecule has 2 aromatic rings. The molecule has 1 aromatic carbocycles. The number of carbonyl (C=O) groups excluding carboxylic acids is 1. The summed E-state index contributed by atoms with van der Waals surface area (Å²) in [4.78, 5) is 25.6. The Balaban J connectivity index is 1.83. The molecule has 1 amide bonds. The van der Waals surface area contributed by atoms with E-state index in [4.69, 9.17) is 0 Å². The van der Waals surface area contributed by atoms with Gasteiger partial charge in [0.1, 0.15) is 11.9 Å². The summed E-state index contributed by atoms with van der Waals surface area (Å²) in [7, 11) is 0. The van der Waals surface area contributed by atoms with Crippen molar-refractivity contribution in [1.82, 2.24) is 19.7 Å². The topological polar surface area (TPSA) is 88.3 Å². The number of halogens is 3. The lowest BCUT2D eigenvalue weighted by Gasteiger charge is -2.34. The zero-order valence-corrected chi connectivity index (χ0v) is 15.3. The van der Waals surface area contributed by atoms with Gasteiger partial charge >= 0.3 is 12.1 Å². The second-order valence-corrected chi connectivity index (χ2v) is 6.84. The zero-order chi connectivity index (χ0) is 20.6. The standard InChI is InChI=1S/C18H19F3N4O3/c1-10(12-5-3-4-6-13(12)18(19,20)21)7-16(26)25-9-15-23-22-11(2)24(15)8-14(25)17(27)28/h3-6,10,14H,7-9H2,1-2H3,(H,27,28). The highest BCUT2D eigenvalue weighted by Crippen LogP contribution is 2.36. The third-order valence-corrected chi connectivity index (χ3v) is 4.94. The van der Waals surface area contributed by atoms with Crippen molar-refractivity contribution in [3.63, 3.8) is 0 Å². The SMILES string of the molecule is Cc1nnc2n1CC(C(=O)O)N(C(=O)CC(C)c1ccccc1C(F)(F)F)C2. The van der Waals surface area contributed by atoms with Crippen LogP contribution in [0.2, 0.25) is 0 Å². The number of aryl methyl sites for hydroxylation is 1. The predicted molar refractivity (Wildman–Crippen MR) is 91.2 cm³/mol.